The zero-order chi connectivity index (χ0) is 16.8. The molecule has 2 heterocycles. The largest absolute Gasteiger partial charge is 0.338 e. The molecule has 6 heteroatoms. The molecular formula is C18H26N4O2. The number of anilines is 1. The second-order valence-corrected chi connectivity index (χ2v) is 6.54. The smallest absolute Gasteiger partial charge is 0.315 e. The van der Waals surface area contributed by atoms with Crippen molar-refractivity contribution in [1.82, 2.24) is 15.5 Å². The van der Waals surface area contributed by atoms with Crippen molar-refractivity contribution in [3.05, 3.63) is 30.3 Å². The molecular weight excluding hydrogens is 304 g/mol. The number of nitrogens with one attached hydrogen (secondary N) is 2. The molecule has 0 bridgehead atoms. The van der Waals surface area contributed by atoms with E-state index in [0.29, 0.717) is 19.5 Å². The lowest BCUT2D eigenvalue weighted by Gasteiger charge is -2.18. The summed E-state index contributed by atoms with van der Waals surface area (Å²) in [5.41, 5.74) is 0.887. The van der Waals surface area contributed by atoms with E-state index in [1.54, 1.807) is 4.90 Å². The predicted molar refractivity (Wildman–Crippen MR) is 94.0 cm³/mol. The van der Waals surface area contributed by atoms with Crippen LogP contribution in [-0.4, -0.2) is 55.6 Å². The van der Waals surface area contributed by atoms with Crippen LogP contribution in [0.5, 0.6) is 0 Å². The molecule has 1 aromatic carbocycles. The van der Waals surface area contributed by atoms with Gasteiger partial charge in [-0.2, -0.15) is 0 Å². The summed E-state index contributed by atoms with van der Waals surface area (Å²) in [5, 5.41) is 5.81. The van der Waals surface area contributed by atoms with Crippen LogP contribution in [-0.2, 0) is 4.79 Å². The van der Waals surface area contributed by atoms with Crippen molar-refractivity contribution in [3.63, 3.8) is 0 Å². The lowest BCUT2D eigenvalue weighted by Crippen LogP contribution is -2.44. The van der Waals surface area contributed by atoms with Gasteiger partial charge in [0.15, 0.2) is 0 Å². The molecule has 3 rings (SSSR count). The Balaban J connectivity index is 1.36. The monoisotopic (exact) mass is 330 g/mol. The molecule has 130 valence electrons. The fraction of sp³-hybridized carbons (Fsp3) is 0.556. The number of hydrogen-bond donors (Lipinski definition) is 2. The summed E-state index contributed by atoms with van der Waals surface area (Å²) < 4.78 is 0. The van der Waals surface area contributed by atoms with E-state index >= 15 is 0 Å². The van der Waals surface area contributed by atoms with Crippen molar-refractivity contribution >= 4 is 17.6 Å². The molecule has 0 unspecified atom stereocenters. The average Bonchev–Trinajstić information content (AvgIpc) is 3.22. The molecule has 2 fully saturated rings. The van der Waals surface area contributed by atoms with Crippen LogP contribution in [0, 0.1) is 0 Å². The van der Waals surface area contributed by atoms with Crippen molar-refractivity contribution in [2.45, 2.75) is 31.7 Å². The number of carbonyl (C=O) groups excluding carboxylic acids is 2. The summed E-state index contributed by atoms with van der Waals surface area (Å²) in [5.74, 6) is 0.0560. The van der Waals surface area contributed by atoms with Gasteiger partial charge in [-0.1, -0.05) is 18.2 Å². The molecule has 2 aliphatic rings. The second kappa shape index (κ2) is 8.15. The van der Waals surface area contributed by atoms with Gasteiger partial charge in [0.25, 0.3) is 0 Å². The fourth-order valence-electron chi connectivity index (χ4n) is 3.41. The zero-order valence-electron chi connectivity index (χ0n) is 14.0. The first kappa shape index (κ1) is 16.8. The molecule has 2 saturated heterocycles. The van der Waals surface area contributed by atoms with Crippen LogP contribution in [0.4, 0.5) is 10.5 Å². The van der Waals surface area contributed by atoms with Crippen LogP contribution in [0.25, 0.3) is 0 Å². The Kier molecular flexibility index (Phi) is 5.69. The van der Waals surface area contributed by atoms with Gasteiger partial charge in [-0.25, -0.2) is 4.79 Å². The van der Waals surface area contributed by atoms with E-state index in [9.17, 15) is 9.59 Å². The molecule has 6 nitrogen and oxygen atoms in total. The van der Waals surface area contributed by atoms with Gasteiger partial charge >= 0.3 is 6.03 Å². The highest BCUT2D eigenvalue weighted by atomic mass is 16.2. The first-order chi connectivity index (χ1) is 11.7. The standard InChI is InChI=1S/C18H26N4O2/c23-17-13-15(14-22(17)16-7-2-1-3-8-16)20-18(24)19-9-6-12-21-10-4-5-11-21/h1-3,7-8,15H,4-6,9-14H2,(H2,19,20,24)/t15-/m0/s1. The Morgan fingerprint density at radius 1 is 1.17 bits per heavy atom. The normalized spacial score (nSPS) is 21.2. The molecule has 1 atom stereocenters. The van der Waals surface area contributed by atoms with E-state index < -0.39 is 0 Å². The van der Waals surface area contributed by atoms with Crippen LogP contribution in [0.3, 0.4) is 0 Å². The highest BCUT2D eigenvalue weighted by Crippen LogP contribution is 2.20. The number of amides is 3. The third kappa shape index (κ3) is 4.47. The summed E-state index contributed by atoms with van der Waals surface area (Å²) in [6.07, 6.45) is 3.91. The van der Waals surface area contributed by atoms with E-state index in [1.165, 1.54) is 25.9 Å². The molecule has 0 spiro atoms. The van der Waals surface area contributed by atoms with Gasteiger partial charge in [0.05, 0.1) is 6.04 Å². The molecule has 0 aromatic heterocycles. The zero-order valence-corrected chi connectivity index (χ0v) is 14.0. The minimum atomic E-state index is -0.177. The Morgan fingerprint density at radius 3 is 2.67 bits per heavy atom. The molecule has 1 aromatic rings. The lowest BCUT2D eigenvalue weighted by molar-refractivity contribution is -0.117. The molecule has 0 aliphatic carbocycles. The number of urea groups is 1. The number of carbonyl (C=O) groups is 2. The number of benzene rings is 1. The van der Waals surface area contributed by atoms with E-state index in [2.05, 4.69) is 15.5 Å². The van der Waals surface area contributed by atoms with Gasteiger partial charge < -0.3 is 20.4 Å². The van der Waals surface area contributed by atoms with Gasteiger partial charge in [0, 0.05) is 25.2 Å². The third-order valence-electron chi connectivity index (χ3n) is 4.66. The molecule has 0 radical (unpaired) electrons. The van der Waals surface area contributed by atoms with Crippen molar-refractivity contribution in [1.29, 1.82) is 0 Å². The van der Waals surface area contributed by atoms with Gasteiger partial charge in [-0.15, -0.1) is 0 Å². The summed E-state index contributed by atoms with van der Waals surface area (Å²) >= 11 is 0. The van der Waals surface area contributed by atoms with Crippen molar-refractivity contribution in [2.75, 3.05) is 37.6 Å². The van der Waals surface area contributed by atoms with Crippen LogP contribution >= 0.6 is 0 Å². The predicted octanol–water partition coefficient (Wildman–Crippen LogP) is 1.58. The maximum atomic E-state index is 12.1. The number of hydrogen-bond acceptors (Lipinski definition) is 3. The summed E-state index contributed by atoms with van der Waals surface area (Å²) in [6, 6.07) is 9.28. The molecule has 24 heavy (non-hydrogen) atoms. The fourth-order valence-corrected chi connectivity index (χ4v) is 3.41. The van der Waals surface area contributed by atoms with Crippen molar-refractivity contribution in [3.8, 4) is 0 Å². The summed E-state index contributed by atoms with van der Waals surface area (Å²) in [4.78, 5) is 28.3. The van der Waals surface area contributed by atoms with Crippen molar-refractivity contribution < 1.29 is 9.59 Å². The van der Waals surface area contributed by atoms with Crippen LogP contribution < -0.4 is 15.5 Å². The summed E-state index contributed by atoms with van der Waals surface area (Å²) in [6.45, 7) is 4.62. The van der Waals surface area contributed by atoms with Gasteiger partial charge in [0.1, 0.15) is 0 Å². The van der Waals surface area contributed by atoms with E-state index in [1.807, 2.05) is 30.3 Å². The number of rotatable bonds is 6. The highest BCUT2D eigenvalue weighted by molar-refractivity contribution is 5.96. The number of likely N-dealkylation sites (tertiary alicyclic amines) is 1. The minimum absolute atomic E-state index is 0.0560. The Morgan fingerprint density at radius 2 is 1.92 bits per heavy atom. The number of para-hydroxylation sites is 1. The Labute approximate surface area is 143 Å². The minimum Gasteiger partial charge on any atom is -0.338 e. The summed E-state index contributed by atoms with van der Waals surface area (Å²) in [7, 11) is 0. The topological polar surface area (TPSA) is 64.7 Å². The maximum Gasteiger partial charge on any atom is 0.315 e. The van der Waals surface area contributed by atoms with Crippen LogP contribution in [0.15, 0.2) is 30.3 Å². The van der Waals surface area contributed by atoms with Crippen LogP contribution in [0.2, 0.25) is 0 Å². The molecule has 3 amide bonds. The van der Waals surface area contributed by atoms with E-state index in [-0.39, 0.29) is 18.0 Å². The first-order valence-corrected chi connectivity index (χ1v) is 8.84. The Hall–Kier alpha value is -2.08. The van der Waals surface area contributed by atoms with Crippen molar-refractivity contribution in [2.24, 2.45) is 0 Å². The van der Waals surface area contributed by atoms with Gasteiger partial charge in [-0.3, -0.25) is 4.79 Å². The molecule has 0 saturated carbocycles. The van der Waals surface area contributed by atoms with E-state index in [0.717, 1.165) is 18.7 Å². The first-order valence-electron chi connectivity index (χ1n) is 8.84. The Bertz CT molecular complexity index is 557. The van der Waals surface area contributed by atoms with Gasteiger partial charge in [-0.05, 0) is 51.0 Å². The van der Waals surface area contributed by atoms with Crippen LogP contribution in [0.1, 0.15) is 25.7 Å². The molecule has 2 N–H and O–H groups in total. The quantitative estimate of drug-likeness (QED) is 0.778. The second-order valence-electron chi connectivity index (χ2n) is 6.54. The third-order valence-corrected chi connectivity index (χ3v) is 4.66. The van der Waals surface area contributed by atoms with E-state index in [4.69, 9.17) is 0 Å². The number of nitrogens with zero attached hydrogens (tertiary/aromatic N) is 2. The lowest BCUT2D eigenvalue weighted by atomic mass is 10.2. The van der Waals surface area contributed by atoms with Gasteiger partial charge in [0.2, 0.25) is 5.91 Å². The SMILES string of the molecule is O=C(NCCCN1CCCC1)N[C@H]1CC(=O)N(c2ccccc2)C1. The average molecular weight is 330 g/mol. The molecule has 2 aliphatic heterocycles. The highest BCUT2D eigenvalue weighted by Gasteiger charge is 2.31. The maximum absolute atomic E-state index is 12.1.